The molecule has 2 aliphatic rings. The zero-order valence-corrected chi connectivity index (χ0v) is 12.2. The summed E-state index contributed by atoms with van der Waals surface area (Å²) in [6.45, 7) is 11.2. The van der Waals surface area contributed by atoms with Crippen LogP contribution in [0.4, 0.5) is 0 Å². The largest absolute Gasteiger partial charge is 0.454 e. The summed E-state index contributed by atoms with van der Waals surface area (Å²) < 4.78 is 16.3. The topological polar surface area (TPSA) is 30.9 Å². The zero-order chi connectivity index (χ0) is 14.7. The van der Waals surface area contributed by atoms with E-state index in [-0.39, 0.29) is 5.54 Å². The van der Waals surface area contributed by atoms with Crippen molar-refractivity contribution in [3.05, 3.63) is 49.1 Å². The maximum Gasteiger partial charge on any atom is 0.231 e. The molecule has 2 aliphatic heterocycles. The molecule has 0 atom stereocenters. The van der Waals surface area contributed by atoms with Gasteiger partial charge in [-0.1, -0.05) is 18.2 Å². The van der Waals surface area contributed by atoms with Gasteiger partial charge in [-0.3, -0.25) is 4.90 Å². The molecule has 1 fully saturated rings. The van der Waals surface area contributed by atoms with E-state index >= 15 is 0 Å². The lowest BCUT2D eigenvalue weighted by Crippen LogP contribution is -2.61. The Morgan fingerprint density at radius 1 is 1.14 bits per heavy atom. The van der Waals surface area contributed by atoms with E-state index in [0.717, 1.165) is 44.2 Å². The lowest BCUT2D eigenvalue weighted by molar-refractivity contribution is -0.139. The van der Waals surface area contributed by atoms with Crippen LogP contribution in [0.2, 0.25) is 0 Å². The van der Waals surface area contributed by atoms with Gasteiger partial charge in [0.25, 0.3) is 0 Å². The minimum atomic E-state index is 0.0479. The van der Waals surface area contributed by atoms with Gasteiger partial charge in [-0.2, -0.15) is 0 Å². The highest BCUT2D eigenvalue weighted by Gasteiger charge is 2.42. The number of benzene rings is 1. The number of rotatable bonds is 7. The van der Waals surface area contributed by atoms with Gasteiger partial charge in [-0.05, 0) is 24.1 Å². The van der Waals surface area contributed by atoms with Crippen molar-refractivity contribution in [2.75, 3.05) is 26.6 Å². The molecule has 1 saturated heterocycles. The minimum Gasteiger partial charge on any atom is -0.454 e. The van der Waals surface area contributed by atoms with Gasteiger partial charge >= 0.3 is 0 Å². The Morgan fingerprint density at radius 3 is 2.62 bits per heavy atom. The molecule has 2 heterocycles. The van der Waals surface area contributed by atoms with Gasteiger partial charge in [0.1, 0.15) is 0 Å². The lowest BCUT2D eigenvalue weighted by Gasteiger charge is -2.49. The first-order valence-corrected chi connectivity index (χ1v) is 7.20. The summed E-state index contributed by atoms with van der Waals surface area (Å²) in [5.41, 5.74) is 1.25. The molecule has 21 heavy (non-hydrogen) atoms. The summed E-state index contributed by atoms with van der Waals surface area (Å²) >= 11 is 0. The quantitative estimate of drug-likeness (QED) is 0.722. The number of nitrogens with zero attached hydrogens (tertiary/aromatic N) is 1. The average molecular weight is 287 g/mol. The van der Waals surface area contributed by atoms with E-state index in [1.807, 2.05) is 18.2 Å². The van der Waals surface area contributed by atoms with Crippen molar-refractivity contribution in [3.8, 4) is 11.5 Å². The predicted octanol–water partition coefficient (Wildman–Crippen LogP) is 2.75. The average Bonchev–Trinajstić information content (AvgIpc) is 2.90. The Hall–Kier alpha value is -1.78. The fourth-order valence-corrected chi connectivity index (χ4v) is 2.88. The van der Waals surface area contributed by atoms with Crippen molar-refractivity contribution in [1.82, 2.24) is 4.90 Å². The number of hydrogen-bond donors (Lipinski definition) is 0. The smallest absolute Gasteiger partial charge is 0.231 e. The molecule has 0 spiro atoms. The van der Waals surface area contributed by atoms with E-state index in [1.54, 1.807) is 0 Å². The van der Waals surface area contributed by atoms with Gasteiger partial charge in [-0.25, -0.2) is 0 Å². The van der Waals surface area contributed by atoms with Crippen LogP contribution >= 0.6 is 0 Å². The van der Waals surface area contributed by atoms with Crippen LogP contribution in [0.3, 0.4) is 0 Å². The minimum absolute atomic E-state index is 0.0479. The summed E-state index contributed by atoms with van der Waals surface area (Å²) in [6.07, 6.45) is 4.83. The molecule has 0 radical (unpaired) electrons. The van der Waals surface area contributed by atoms with Crippen molar-refractivity contribution >= 4 is 0 Å². The van der Waals surface area contributed by atoms with Gasteiger partial charge in [0, 0.05) is 13.1 Å². The molecule has 3 rings (SSSR count). The first-order valence-electron chi connectivity index (χ1n) is 7.20. The monoisotopic (exact) mass is 287 g/mol. The summed E-state index contributed by atoms with van der Waals surface area (Å²) in [5.74, 6) is 1.65. The third-order valence-electron chi connectivity index (χ3n) is 4.10. The molecule has 0 saturated carbocycles. The highest BCUT2D eigenvalue weighted by molar-refractivity contribution is 5.44. The number of hydrogen-bond acceptors (Lipinski definition) is 4. The third-order valence-corrected chi connectivity index (χ3v) is 4.10. The van der Waals surface area contributed by atoms with E-state index in [1.165, 1.54) is 5.56 Å². The molecule has 4 heteroatoms. The molecule has 1 aromatic carbocycles. The Morgan fingerprint density at radius 2 is 1.95 bits per heavy atom. The number of ether oxygens (including phenoxy) is 3. The normalized spacial score (nSPS) is 18.3. The van der Waals surface area contributed by atoms with Crippen LogP contribution < -0.4 is 9.47 Å². The zero-order valence-electron chi connectivity index (χ0n) is 12.2. The van der Waals surface area contributed by atoms with E-state index in [0.29, 0.717) is 6.79 Å². The second-order valence-corrected chi connectivity index (χ2v) is 5.57. The Bertz CT molecular complexity index is 537. The summed E-state index contributed by atoms with van der Waals surface area (Å²) in [7, 11) is 0. The van der Waals surface area contributed by atoms with Crippen molar-refractivity contribution in [1.29, 1.82) is 0 Å². The molecule has 4 nitrogen and oxygen atoms in total. The van der Waals surface area contributed by atoms with E-state index < -0.39 is 0 Å². The molecule has 0 amide bonds. The molecule has 0 aromatic heterocycles. The summed E-state index contributed by atoms with van der Waals surface area (Å²) in [4.78, 5) is 2.41. The summed E-state index contributed by atoms with van der Waals surface area (Å²) in [6, 6.07) is 6.12. The fraction of sp³-hybridized carbons (Fsp3) is 0.412. The second kappa shape index (κ2) is 5.92. The Balaban J connectivity index is 1.78. The van der Waals surface area contributed by atoms with Crippen LogP contribution in [0.5, 0.6) is 11.5 Å². The molecule has 1 aromatic rings. The van der Waals surface area contributed by atoms with Crippen molar-refractivity contribution in [2.24, 2.45) is 0 Å². The predicted molar refractivity (Wildman–Crippen MR) is 81.5 cm³/mol. The third kappa shape index (κ3) is 2.69. The Labute approximate surface area is 125 Å². The molecule has 0 bridgehead atoms. The van der Waals surface area contributed by atoms with Gasteiger partial charge < -0.3 is 14.2 Å². The SMILES string of the molecule is C=CCN(Cc1ccc2c(c1)OCO2)C1(CC=C)COC1. The van der Waals surface area contributed by atoms with Crippen LogP contribution in [0.15, 0.2) is 43.5 Å². The summed E-state index contributed by atoms with van der Waals surface area (Å²) in [5, 5.41) is 0. The van der Waals surface area contributed by atoms with Crippen molar-refractivity contribution in [2.45, 2.75) is 18.5 Å². The lowest BCUT2D eigenvalue weighted by atomic mass is 9.90. The van der Waals surface area contributed by atoms with E-state index in [4.69, 9.17) is 14.2 Å². The van der Waals surface area contributed by atoms with E-state index in [9.17, 15) is 0 Å². The standard InChI is InChI=1S/C17H21NO3/c1-3-7-17(11-19-12-17)18(8-4-2)10-14-5-6-15-16(9-14)21-13-20-15/h3-6,9H,1-2,7-8,10-13H2. The van der Waals surface area contributed by atoms with Crippen LogP contribution in [-0.2, 0) is 11.3 Å². The Kier molecular flexibility index (Phi) is 3.99. The van der Waals surface area contributed by atoms with Crippen molar-refractivity contribution < 1.29 is 14.2 Å². The van der Waals surface area contributed by atoms with Gasteiger partial charge in [0.15, 0.2) is 11.5 Å². The molecular weight excluding hydrogens is 266 g/mol. The van der Waals surface area contributed by atoms with Crippen LogP contribution in [0.25, 0.3) is 0 Å². The van der Waals surface area contributed by atoms with Gasteiger partial charge in [0.2, 0.25) is 6.79 Å². The highest BCUT2D eigenvalue weighted by atomic mass is 16.7. The van der Waals surface area contributed by atoms with Crippen LogP contribution in [0.1, 0.15) is 12.0 Å². The molecule has 0 unspecified atom stereocenters. The highest BCUT2D eigenvalue weighted by Crippen LogP contribution is 2.35. The van der Waals surface area contributed by atoms with Crippen LogP contribution in [-0.4, -0.2) is 37.0 Å². The first kappa shape index (κ1) is 14.2. The maximum atomic E-state index is 5.46. The number of fused-ring (bicyclic) bond motifs is 1. The molecule has 0 aliphatic carbocycles. The maximum absolute atomic E-state index is 5.46. The molecular formula is C17H21NO3. The van der Waals surface area contributed by atoms with Crippen LogP contribution in [0, 0.1) is 0 Å². The van der Waals surface area contributed by atoms with Gasteiger partial charge in [-0.15, -0.1) is 13.2 Å². The fourth-order valence-electron chi connectivity index (χ4n) is 2.88. The first-order chi connectivity index (χ1) is 10.3. The van der Waals surface area contributed by atoms with E-state index in [2.05, 4.69) is 30.2 Å². The second-order valence-electron chi connectivity index (χ2n) is 5.57. The van der Waals surface area contributed by atoms with Crippen molar-refractivity contribution in [3.63, 3.8) is 0 Å². The van der Waals surface area contributed by atoms with Gasteiger partial charge in [0.05, 0.1) is 18.8 Å². The molecule has 112 valence electrons. The molecule has 0 N–H and O–H groups in total.